The van der Waals surface area contributed by atoms with Crippen LogP contribution in [0.5, 0.6) is 5.75 Å². The predicted molar refractivity (Wildman–Crippen MR) is 112 cm³/mol. The zero-order valence-electron chi connectivity index (χ0n) is 16.1. The minimum Gasteiger partial charge on any atom is -0.494 e. The Kier molecular flexibility index (Phi) is 6.60. The molecular weight excluding hydrogens is 372 g/mol. The van der Waals surface area contributed by atoms with Gasteiger partial charge in [0.2, 0.25) is 5.91 Å². The van der Waals surface area contributed by atoms with Gasteiger partial charge in [-0.25, -0.2) is 0 Å². The van der Waals surface area contributed by atoms with Crippen molar-refractivity contribution in [2.75, 3.05) is 20.2 Å². The molecule has 0 atom stereocenters. The minimum absolute atomic E-state index is 0.0221. The summed E-state index contributed by atoms with van der Waals surface area (Å²) in [5.41, 5.74) is 2.05. The molecule has 0 aliphatic rings. The summed E-state index contributed by atoms with van der Waals surface area (Å²) in [6.45, 7) is 3.33. The van der Waals surface area contributed by atoms with Crippen LogP contribution in [0.4, 0.5) is 0 Å². The highest BCUT2D eigenvalue weighted by Crippen LogP contribution is 2.18. The Morgan fingerprint density at radius 2 is 2.00 bits per heavy atom. The first-order valence-electron chi connectivity index (χ1n) is 9.18. The number of nitrogens with one attached hydrogen (secondary N) is 1. The summed E-state index contributed by atoms with van der Waals surface area (Å²) in [5.74, 6) is 1.48. The first-order valence-corrected chi connectivity index (χ1v) is 9.59. The first kappa shape index (κ1) is 19.8. The summed E-state index contributed by atoms with van der Waals surface area (Å²) in [6, 6.07) is 17.6. The van der Waals surface area contributed by atoms with Crippen LogP contribution in [0.15, 0.2) is 54.6 Å². The molecule has 0 unspecified atom stereocenters. The van der Waals surface area contributed by atoms with E-state index < -0.39 is 0 Å². The van der Waals surface area contributed by atoms with Crippen LogP contribution in [0.25, 0.3) is 11.4 Å². The lowest BCUT2D eigenvalue weighted by Crippen LogP contribution is -2.32. The Hall–Kier alpha value is -2.93. The summed E-state index contributed by atoms with van der Waals surface area (Å²) in [4.78, 5) is 14.4. The number of hydrogen-bond acceptors (Lipinski definition) is 4. The number of aromatic nitrogens is 3. The second-order valence-electron chi connectivity index (χ2n) is 6.64. The number of hydrogen-bond donors (Lipinski definition) is 1. The number of H-pyrrole nitrogens is 1. The molecule has 3 rings (SSSR count). The van der Waals surface area contributed by atoms with Crippen LogP contribution in [0.1, 0.15) is 12.0 Å². The quantitative estimate of drug-likeness (QED) is 0.464. The molecule has 1 aromatic heterocycles. The monoisotopic (exact) mass is 396 g/mol. The van der Waals surface area contributed by atoms with Gasteiger partial charge in [-0.1, -0.05) is 42.0 Å². The van der Waals surface area contributed by atoms with Gasteiger partial charge in [0.15, 0.2) is 10.6 Å². The largest absolute Gasteiger partial charge is 0.494 e. The van der Waals surface area contributed by atoms with Gasteiger partial charge in [-0.2, -0.15) is 5.10 Å². The zero-order valence-corrected chi connectivity index (χ0v) is 16.9. The fraction of sp³-hybridized carbons (Fsp3) is 0.286. The van der Waals surface area contributed by atoms with Crippen LogP contribution in [-0.4, -0.2) is 45.8 Å². The van der Waals surface area contributed by atoms with Gasteiger partial charge in [0.1, 0.15) is 12.3 Å². The van der Waals surface area contributed by atoms with Crippen LogP contribution < -0.4 is 4.74 Å². The molecule has 7 heteroatoms. The first-order chi connectivity index (χ1) is 13.5. The maximum Gasteiger partial charge on any atom is 0.242 e. The van der Waals surface area contributed by atoms with Crippen LogP contribution in [0, 0.1) is 11.7 Å². The van der Waals surface area contributed by atoms with E-state index in [1.165, 1.54) is 0 Å². The van der Waals surface area contributed by atoms with Crippen molar-refractivity contribution >= 4 is 18.1 Å². The van der Waals surface area contributed by atoms with E-state index in [1.807, 2.05) is 61.5 Å². The van der Waals surface area contributed by atoms with E-state index in [-0.39, 0.29) is 12.5 Å². The van der Waals surface area contributed by atoms with Gasteiger partial charge < -0.3 is 9.64 Å². The molecule has 3 aromatic rings. The fourth-order valence-corrected chi connectivity index (χ4v) is 3.05. The van der Waals surface area contributed by atoms with Gasteiger partial charge in [-0.3, -0.25) is 14.5 Å². The molecule has 6 nitrogen and oxygen atoms in total. The van der Waals surface area contributed by atoms with E-state index in [0.29, 0.717) is 23.7 Å². The molecule has 0 saturated carbocycles. The molecular formula is C21H24N4O2S. The van der Waals surface area contributed by atoms with Crippen molar-refractivity contribution in [3.63, 3.8) is 0 Å². The molecule has 28 heavy (non-hydrogen) atoms. The summed E-state index contributed by atoms with van der Waals surface area (Å²) < 4.78 is 7.85. The molecule has 0 bridgehead atoms. The number of aromatic amines is 1. The topological polar surface area (TPSA) is 63.2 Å². The van der Waals surface area contributed by atoms with E-state index in [4.69, 9.17) is 17.0 Å². The normalized spacial score (nSPS) is 10.6. The van der Waals surface area contributed by atoms with Gasteiger partial charge in [0.25, 0.3) is 0 Å². The Bertz CT molecular complexity index is 981. The van der Waals surface area contributed by atoms with Crippen molar-refractivity contribution in [1.82, 2.24) is 19.7 Å². The van der Waals surface area contributed by atoms with Crippen LogP contribution in [0.3, 0.4) is 0 Å². The van der Waals surface area contributed by atoms with Crippen molar-refractivity contribution in [2.45, 2.75) is 19.9 Å². The van der Waals surface area contributed by atoms with Crippen molar-refractivity contribution in [3.05, 3.63) is 64.9 Å². The summed E-state index contributed by atoms with van der Waals surface area (Å²) in [7, 11) is 1.79. The van der Waals surface area contributed by atoms with Gasteiger partial charge >= 0.3 is 0 Å². The third-order valence-corrected chi connectivity index (χ3v) is 4.72. The van der Waals surface area contributed by atoms with E-state index in [9.17, 15) is 4.79 Å². The smallest absolute Gasteiger partial charge is 0.242 e. The van der Waals surface area contributed by atoms with Crippen molar-refractivity contribution < 1.29 is 9.53 Å². The van der Waals surface area contributed by atoms with Crippen molar-refractivity contribution in [2.24, 2.45) is 0 Å². The van der Waals surface area contributed by atoms with Crippen molar-refractivity contribution in [3.8, 4) is 17.1 Å². The fourth-order valence-electron chi connectivity index (χ4n) is 2.86. The molecule has 2 aromatic carbocycles. The molecule has 0 saturated heterocycles. The number of carbonyl (C=O) groups is 1. The average molecular weight is 397 g/mol. The van der Waals surface area contributed by atoms with Crippen LogP contribution in [-0.2, 0) is 11.3 Å². The van der Waals surface area contributed by atoms with Gasteiger partial charge in [0, 0.05) is 19.2 Å². The van der Waals surface area contributed by atoms with E-state index >= 15 is 0 Å². The Balaban J connectivity index is 1.57. The van der Waals surface area contributed by atoms with Gasteiger partial charge in [0.05, 0.1) is 6.61 Å². The number of benzene rings is 2. The number of nitrogens with zero attached hydrogens (tertiary/aromatic N) is 3. The molecule has 0 spiro atoms. The molecule has 0 radical (unpaired) electrons. The number of likely N-dealkylation sites (N-methyl/N-ethyl adjacent to an activating group) is 1. The molecule has 146 valence electrons. The minimum atomic E-state index is -0.0221. The summed E-state index contributed by atoms with van der Waals surface area (Å²) in [6.07, 6.45) is 0.749. The number of rotatable bonds is 8. The predicted octanol–water partition coefficient (Wildman–Crippen LogP) is 3.84. The maximum absolute atomic E-state index is 12.7. The van der Waals surface area contributed by atoms with E-state index in [2.05, 4.69) is 10.2 Å². The SMILES string of the molecule is Cc1cccc(-c2n[nH]c(=S)n2CC(=O)N(C)CCCOc2ccccc2)c1. The lowest BCUT2D eigenvalue weighted by Gasteiger charge is -2.18. The number of ether oxygens (including phenoxy) is 1. The molecule has 1 N–H and O–H groups in total. The lowest BCUT2D eigenvalue weighted by molar-refractivity contribution is -0.130. The molecule has 1 heterocycles. The number of carbonyl (C=O) groups excluding carboxylic acids is 1. The lowest BCUT2D eigenvalue weighted by atomic mass is 10.1. The Labute approximate surface area is 169 Å². The number of para-hydroxylation sites is 1. The highest BCUT2D eigenvalue weighted by Gasteiger charge is 2.15. The van der Waals surface area contributed by atoms with Crippen molar-refractivity contribution in [1.29, 1.82) is 0 Å². The third-order valence-electron chi connectivity index (χ3n) is 4.40. The van der Waals surface area contributed by atoms with Crippen LogP contribution in [0.2, 0.25) is 0 Å². The molecule has 1 amide bonds. The second-order valence-corrected chi connectivity index (χ2v) is 7.03. The average Bonchev–Trinajstić information content (AvgIpc) is 3.06. The summed E-state index contributed by atoms with van der Waals surface area (Å²) in [5, 5.41) is 7.10. The highest BCUT2D eigenvalue weighted by atomic mass is 32.1. The van der Waals surface area contributed by atoms with E-state index in [1.54, 1.807) is 16.5 Å². The summed E-state index contributed by atoms with van der Waals surface area (Å²) >= 11 is 5.33. The second kappa shape index (κ2) is 9.32. The maximum atomic E-state index is 12.7. The number of aryl methyl sites for hydroxylation is 1. The van der Waals surface area contributed by atoms with Gasteiger partial charge in [-0.05, 0) is 43.8 Å². The number of amides is 1. The van der Waals surface area contributed by atoms with Crippen LogP contribution >= 0.6 is 12.2 Å². The zero-order chi connectivity index (χ0) is 19.9. The molecule has 0 aliphatic carbocycles. The molecule has 0 fully saturated rings. The van der Waals surface area contributed by atoms with Gasteiger partial charge in [-0.15, -0.1) is 0 Å². The third kappa shape index (κ3) is 5.07. The highest BCUT2D eigenvalue weighted by molar-refractivity contribution is 7.71. The Morgan fingerprint density at radius 1 is 1.21 bits per heavy atom. The molecule has 0 aliphatic heterocycles. The standard InChI is InChI=1S/C21H24N4O2S/c1-16-8-6-9-17(14-16)20-22-23-21(28)25(20)15-19(26)24(2)12-7-13-27-18-10-4-3-5-11-18/h3-6,8-11,14H,7,12-13,15H2,1-2H3,(H,23,28). The van der Waals surface area contributed by atoms with E-state index in [0.717, 1.165) is 23.3 Å². The Morgan fingerprint density at radius 3 is 2.75 bits per heavy atom.